The van der Waals surface area contributed by atoms with Gasteiger partial charge in [0.25, 0.3) is 0 Å². The van der Waals surface area contributed by atoms with Crippen molar-refractivity contribution in [2.75, 3.05) is 6.26 Å². The van der Waals surface area contributed by atoms with E-state index >= 15 is 0 Å². The Kier molecular flexibility index (Phi) is 5.46. The smallest absolute Gasteiger partial charge is 0.00695 e. The molecule has 0 N–H and O–H groups in total. The second-order valence-corrected chi connectivity index (χ2v) is 4.20. The highest BCUT2D eigenvalue weighted by Crippen LogP contribution is 2.15. The van der Waals surface area contributed by atoms with Crippen molar-refractivity contribution in [2.45, 2.75) is 31.1 Å². The minimum Gasteiger partial charge on any atom is -0.130 e. The van der Waals surface area contributed by atoms with Crippen molar-refractivity contribution < 1.29 is 0 Å². The monoisotopic (exact) mass is 206 g/mol. The van der Waals surface area contributed by atoms with Crippen LogP contribution in [0.15, 0.2) is 35.2 Å². The lowest BCUT2D eigenvalue weighted by Crippen LogP contribution is -1.73. The van der Waals surface area contributed by atoms with Crippen LogP contribution in [0.5, 0.6) is 0 Å². The highest BCUT2D eigenvalue weighted by Gasteiger charge is 1.88. The third kappa shape index (κ3) is 4.01. The number of rotatable bonds is 5. The van der Waals surface area contributed by atoms with Crippen LogP contribution in [0, 0.1) is 0 Å². The summed E-state index contributed by atoms with van der Waals surface area (Å²) < 4.78 is 0. The van der Waals surface area contributed by atoms with E-state index in [1.807, 2.05) is 0 Å². The molecule has 0 saturated carbocycles. The van der Waals surface area contributed by atoms with Crippen molar-refractivity contribution in [2.24, 2.45) is 0 Å². The summed E-state index contributed by atoms with van der Waals surface area (Å²) in [6.45, 7) is 2.22. The average Bonchev–Trinajstić information content (AvgIpc) is 2.25. The summed E-state index contributed by atoms with van der Waals surface area (Å²) in [6.07, 6.45) is 10.3. The van der Waals surface area contributed by atoms with Gasteiger partial charge in [-0.25, -0.2) is 0 Å². The zero-order chi connectivity index (χ0) is 10.2. The predicted molar refractivity (Wildman–Crippen MR) is 66.8 cm³/mol. The quantitative estimate of drug-likeness (QED) is 0.500. The van der Waals surface area contributed by atoms with Crippen LogP contribution in [-0.4, -0.2) is 6.26 Å². The minimum atomic E-state index is 1.20. The maximum absolute atomic E-state index is 2.26. The van der Waals surface area contributed by atoms with Crippen molar-refractivity contribution in [3.8, 4) is 0 Å². The van der Waals surface area contributed by atoms with Gasteiger partial charge in [0.2, 0.25) is 0 Å². The van der Waals surface area contributed by atoms with E-state index in [-0.39, 0.29) is 0 Å². The molecule has 1 rings (SSSR count). The number of benzene rings is 1. The summed E-state index contributed by atoms with van der Waals surface area (Å²) in [5.41, 5.74) is 1.30. The van der Waals surface area contributed by atoms with Crippen molar-refractivity contribution in [3.63, 3.8) is 0 Å². The van der Waals surface area contributed by atoms with Crippen molar-refractivity contribution >= 4 is 17.8 Å². The number of hydrogen-bond acceptors (Lipinski definition) is 1. The van der Waals surface area contributed by atoms with E-state index in [1.54, 1.807) is 11.8 Å². The van der Waals surface area contributed by atoms with Crippen LogP contribution in [0.3, 0.4) is 0 Å². The average molecular weight is 206 g/mol. The summed E-state index contributed by atoms with van der Waals surface area (Å²) in [5, 5.41) is 0. The van der Waals surface area contributed by atoms with E-state index in [2.05, 4.69) is 49.6 Å². The van der Waals surface area contributed by atoms with Gasteiger partial charge in [-0.15, -0.1) is 11.8 Å². The Morgan fingerprint density at radius 3 is 2.50 bits per heavy atom. The van der Waals surface area contributed by atoms with Crippen LogP contribution in [0.4, 0.5) is 0 Å². The van der Waals surface area contributed by atoms with Gasteiger partial charge in [0.05, 0.1) is 0 Å². The summed E-state index contributed by atoms with van der Waals surface area (Å²) in [4.78, 5) is 1.33. The highest BCUT2D eigenvalue weighted by molar-refractivity contribution is 7.98. The summed E-state index contributed by atoms with van der Waals surface area (Å²) in [6, 6.07) is 8.69. The van der Waals surface area contributed by atoms with E-state index in [0.717, 1.165) is 0 Å². The topological polar surface area (TPSA) is 0 Å². The molecule has 0 aliphatic carbocycles. The fourth-order valence-electron chi connectivity index (χ4n) is 1.26. The molecule has 0 atom stereocenters. The molecule has 0 unspecified atom stereocenters. The molecule has 0 aromatic heterocycles. The molecule has 0 radical (unpaired) electrons. The van der Waals surface area contributed by atoms with E-state index in [9.17, 15) is 0 Å². The lowest BCUT2D eigenvalue weighted by atomic mass is 10.2. The van der Waals surface area contributed by atoms with Gasteiger partial charge in [-0.05, 0) is 30.4 Å². The van der Waals surface area contributed by atoms with Gasteiger partial charge in [0.15, 0.2) is 0 Å². The summed E-state index contributed by atoms with van der Waals surface area (Å²) in [5.74, 6) is 0. The first-order valence-corrected chi connectivity index (χ1v) is 6.40. The number of hydrogen-bond donors (Lipinski definition) is 0. The largest absolute Gasteiger partial charge is 0.130 e. The van der Waals surface area contributed by atoms with E-state index in [0.29, 0.717) is 0 Å². The van der Waals surface area contributed by atoms with Gasteiger partial charge >= 0.3 is 0 Å². The number of allylic oxidation sites excluding steroid dienone is 1. The molecule has 1 aromatic rings. The van der Waals surface area contributed by atoms with Crippen LogP contribution in [0.1, 0.15) is 31.7 Å². The lowest BCUT2D eigenvalue weighted by Gasteiger charge is -1.96. The first-order chi connectivity index (χ1) is 6.86. The van der Waals surface area contributed by atoms with Crippen LogP contribution >= 0.6 is 11.8 Å². The first kappa shape index (κ1) is 11.4. The SMILES string of the molecule is CCCC/C=C/c1ccc(SC)cc1. The standard InChI is InChI=1S/C13H18S/c1-3-4-5-6-7-12-8-10-13(14-2)11-9-12/h6-11H,3-5H2,1-2H3/b7-6+. The Morgan fingerprint density at radius 1 is 1.21 bits per heavy atom. The maximum atomic E-state index is 2.26. The van der Waals surface area contributed by atoms with E-state index < -0.39 is 0 Å². The van der Waals surface area contributed by atoms with Crippen LogP contribution in [0.2, 0.25) is 0 Å². The fourth-order valence-corrected chi connectivity index (χ4v) is 1.66. The van der Waals surface area contributed by atoms with Gasteiger partial charge in [-0.3, -0.25) is 0 Å². The molecule has 0 fully saturated rings. The Balaban J connectivity index is 2.47. The Morgan fingerprint density at radius 2 is 1.93 bits per heavy atom. The zero-order valence-corrected chi connectivity index (χ0v) is 9.81. The summed E-state index contributed by atoms with van der Waals surface area (Å²) >= 11 is 1.79. The Hall–Kier alpha value is -0.690. The van der Waals surface area contributed by atoms with Gasteiger partial charge in [0, 0.05) is 4.90 Å². The van der Waals surface area contributed by atoms with Gasteiger partial charge in [-0.1, -0.05) is 44.1 Å². The zero-order valence-electron chi connectivity index (χ0n) is 8.99. The molecule has 76 valence electrons. The molecular weight excluding hydrogens is 188 g/mol. The van der Waals surface area contributed by atoms with E-state index in [4.69, 9.17) is 0 Å². The fraction of sp³-hybridized carbons (Fsp3) is 0.385. The maximum Gasteiger partial charge on any atom is 0.00695 e. The lowest BCUT2D eigenvalue weighted by molar-refractivity contribution is 0.816. The summed E-state index contributed by atoms with van der Waals surface area (Å²) in [7, 11) is 0. The number of unbranched alkanes of at least 4 members (excludes halogenated alkanes) is 2. The molecule has 14 heavy (non-hydrogen) atoms. The molecule has 1 aromatic carbocycles. The van der Waals surface area contributed by atoms with Crippen LogP contribution in [0.25, 0.3) is 6.08 Å². The highest BCUT2D eigenvalue weighted by atomic mass is 32.2. The third-order valence-electron chi connectivity index (χ3n) is 2.15. The second kappa shape index (κ2) is 6.72. The Labute approximate surface area is 91.4 Å². The molecule has 1 heteroatoms. The Bertz CT molecular complexity index is 272. The molecule has 0 bridgehead atoms. The number of thioether (sulfide) groups is 1. The molecule has 0 saturated heterocycles. The predicted octanol–water partition coefficient (Wildman–Crippen LogP) is 4.61. The van der Waals surface area contributed by atoms with Crippen molar-refractivity contribution in [1.29, 1.82) is 0 Å². The van der Waals surface area contributed by atoms with E-state index in [1.165, 1.54) is 29.7 Å². The molecule has 0 amide bonds. The van der Waals surface area contributed by atoms with Gasteiger partial charge in [0.1, 0.15) is 0 Å². The third-order valence-corrected chi connectivity index (χ3v) is 2.89. The van der Waals surface area contributed by atoms with Crippen molar-refractivity contribution in [1.82, 2.24) is 0 Å². The normalized spacial score (nSPS) is 11.0. The van der Waals surface area contributed by atoms with Gasteiger partial charge in [-0.2, -0.15) is 0 Å². The van der Waals surface area contributed by atoms with Crippen LogP contribution in [-0.2, 0) is 0 Å². The molecule has 0 nitrogen and oxygen atoms in total. The molecule has 0 aliphatic heterocycles. The first-order valence-electron chi connectivity index (χ1n) is 5.17. The molecular formula is C13H18S. The van der Waals surface area contributed by atoms with Gasteiger partial charge < -0.3 is 0 Å². The molecule has 0 spiro atoms. The van der Waals surface area contributed by atoms with Crippen LogP contribution < -0.4 is 0 Å². The minimum absolute atomic E-state index is 1.20. The second-order valence-electron chi connectivity index (χ2n) is 3.32. The molecule has 0 aliphatic rings. The van der Waals surface area contributed by atoms with Crippen molar-refractivity contribution in [3.05, 3.63) is 35.9 Å². The molecule has 0 heterocycles.